The average molecular weight is 643 g/mol. The largest absolute Gasteiger partial charge is 0.348 e. The van der Waals surface area contributed by atoms with Gasteiger partial charge in [-0.1, -0.05) is 141 Å². The van der Waals surface area contributed by atoms with Gasteiger partial charge in [0.15, 0.2) is 0 Å². The SMILES string of the molecule is CCCCCCCCCCCc1cc2cc3c(ccc4c5cc6cc(CCCCCCCCCCC)n(C)c6cc5ccc34)cc2n1C. The lowest BCUT2D eigenvalue weighted by Gasteiger charge is -2.10. The van der Waals surface area contributed by atoms with Gasteiger partial charge in [-0.25, -0.2) is 0 Å². The van der Waals surface area contributed by atoms with Gasteiger partial charge in [0, 0.05) is 47.3 Å². The molecule has 2 heterocycles. The molecule has 6 rings (SSSR count). The van der Waals surface area contributed by atoms with Crippen LogP contribution in [-0.4, -0.2) is 9.13 Å². The fraction of sp³-hybridized carbons (Fsp3) is 0.522. The molecule has 0 atom stereocenters. The third-order valence-corrected chi connectivity index (χ3v) is 11.4. The first-order valence-corrected chi connectivity index (χ1v) is 19.9. The van der Waals surface area contributed by atoms with Gasteiger partial charge >= 0.3 is 0 Å². The molecule has 4 aromatic carbocycles. The highest BCUT2D eigenvalue weighted by molar-refractivity contribution is 6.20. The van der Waals surface area contributed by atoms with Crippen molar-refractivity contribution in [3.05, 3.63) is 72.1 Å². The van der Waals surface area contributed by atoms with Crippen LogP contribution >= 0.6 is 0 Å². The Morgan fingerprint density at radius 2 is 0.708 bits per heavy atom. The lowest BCUT2D eigenvalue weighted by atomic mass is 9.95. The summed E-state index contributed by atoms with van der Waals surface area (Å²) in [5, 5.41) is 10.9. The number of nitrogens with zero attached hydrogens (tertiary/aromatic N) is 2. The molecule has 0 N–H and O–H groups in total. The number of unbranched alkanes of at least 4 members (excludes halogenated alkanes) is 16. The van der Waals surface area contributed by atoms with Crippen molar-refractivity contribution in [1.29, 1.82) is 0 Å². The molecule has 2 aromatic heterocycles. The van der Waals surface area contributed by atoms with Gasteiger partial charge in [-0.15, -0.1) is 0 Å². The Balaban J connectivity index is 1.15. The van der Waals surface area contributed by atoms with Crippen LogP contribution in [0.5, 0.6) is 0 Å². The Bertz CT molecular complexity index is 1790. The van der Waals surface area contributed by atoms with Gasteiger partial charge in [0.25, 0.3) is 0 Å². The van der Waals surface area contributed by atoms with Crippen molar-refractivity contribution in [2.75, 3.05) is 0 Å². The van der Waals surface area contributed by atoms with Gasteiger partial charge in [0.1, 0.15) is 0 Å². The van der Waals surface area contributed by atoms with E-state index in [1.807, 2.05) is 0 Å². The molecule has 0 saturated carbocycles. The first-order valence-electron chi connectivity index (χ1n) is 19.9. The number of hydrogen-bond donors (Lipinski definition) is 0. The predicted octanol–water partition coefficient (Wildman–Crippen LogP) is 14.3. The summed E-state index contributed by atoms with van der Waals surface area (Å²) in [6.45, 7) is 4.60. The molecule has 256 valence electrons. The molecule has 0 amide bonds. The maximum Gasteiger partial charge on any atom is 0.0486 e. The van der Waals surface area contributed by atoms with Crippen molar-refractivity contribution < 1.29 is 0 Å². The van der Waals surface area contributed by atoms with Gasteiger partial charge < -0.3 is 9.13 Å². The second-order valence-corrected chi connectivity index (χ2v) is 15.0. The molecule has 0 spiro atoms. The summed E-state index contributed by atoms with van der Waals surface area (Å²) in [5.74, 6) is 0. The Hall–Kier alpha value is -3.26. The van der Waals surface area contributed by atoms with Crippen LogP contribution < -0.4 is 0 Å². The van der Waals surface area contributed by atoms with Gasteiger partial charge in [-0.2, -0.15) is 0 Å². The highest BCUT2D eigenvalue weighted by Gasteiger charge is 2.13. The van der Waals surface area contributed by atoms with Gasteiger partial charge in [0.2, 0.25) is 0 Å². The van der Waals surface area contributed by atoms with Gasteiger partial charge in [0.05, 0.1) is 0 Å². The van der Waals surface area contributed by atoms with Gasteiger partial charge in [-0.3, -0.25) is 0 Å². The third kappa shape index (κ3) is 7.96. The zero-order valence-corrected chi connectivity index (χ0v) is 30.8. The molecule has 0 saturated heterocycles. The Kier molecular flexibility index (Phi) is 12.2. The standard InChI is InChI=1S/C46H62N2/c1-5-7-9-11-13-15-17-19-21-23-39-29-37-31-43-35(33-45(37)47(39)3)25-27-42-41(43)28-26-36-34-46-38(32-44(36)42)30-40(48(46)4)24-22-20-18-16-14-12-10-8-6-2/h25-34H,5-24H2,1-4H3. The summed E-state index contributed by atoms with van der Waals surface area (Å²) in [6, 6.07) is 24.1. The second-order valence-electron chi connectivity index (χ2n) is 15.0. The first-order chi connectivity index (χ1) is 23.6. The topological polar surface area (TPSA) is 9.86 Å². The number of aryl methyl sites for hydroxylation is 4. The Morgan fingerprint density at radius 1 is 0.354 bits per heavy atom. The number of hydrogen-bond acceptors (Lipinski definition) is 0. The van der Waals surface area contributed by atoms with E-state index < -0.39 is 0 Å². The van der Waals surface area contributed by atoms with E-state index in [9.17, 15) is 0 Å². The minimum atomic E-state index is 1.18. The molecule has 0 aliphatic heterocycles. The van der Waals surface area contributed by atoms with Crippen LogP contribution in [0.1, 0.15) is 141 Å². The van der Waals surface area contributed by atoms with E-state index in [4.69, 9.17) is 0 Å². The molecular formula is C46H62N2. The molecule has 0 bridgehead atoms. The smallest absolute Gasteiger partial charge is 0.0486 e. The quantitative estimate of drug-likeness (QED) is 0.0579. The Labute approximate surface area is 290 Å². The highest BCUT2D eigenvalue weighted by atomic mass is 14.9. The van der Waals surface area contributed by atoms with Crippen molar-refractivity contribution in [3.8, 4) is 0 Å². The van der Waals surface area contributed by atoms with Crippen molar-refractivity contribution >= 4 is 54.1 Å². The van der Waals surface area contributed by atoms with Crippen molar-refractivity contribution in [1.82, 2.24) is 9.13 Å². The summed E-state index contributed by atoms with van der Waals surface area (Å²) < 4.78 is 4.89. The molecular weight excluding hydrogens is 581 g/mol. The van der Waals surface area contributed by atoms with Crippen LogP contribution in [0.2, 0.25) is 0 Å². The molecule has 0 aliphatic rings. The number of rotatable bonds is 20. The maximum atomic E-state index is 2.46. The second kappa shape index (κ2) is 16.9. The van der Waals surface area contributed by atoms with E-state index in [1.54, 1.807) is 0 Å². The summed E-state index contributed by atoms with van der Waals surface area (Å²) >= 11 is 0. The van der Waals surface area contributed by atoms with Gasteiger partial charge in [-0.05, 0) is 94.4 Å². The molecule has 6 aromatic rings. The van der Waals surface area contributed by atoms with Crippen LogP contribution in [0.4, 0.5) is 0 Å². The molecule has 0 unspecified atom stereocenters. The summed E-state index contributed by atoms with van der Waals surface area (Å²) in [5.41, 5.74) is 5.67. The van der Waals surface area contributed by atoms with E-state index in [2.05, 4.69) is 97.7 Å². The van der Waals surface area contributed by atoms with Crippen molar-refractivity contribution in [2.45, 2.75) is 142 Å². The van der Waals surface area contributed by atoms with Crippen LogP contribution in [0.3, 0.4) is 0 Å². The molecule has 2 nitrogen and oxygen atoms in total. The lowest BCUT2D eigenvalue weighted by Crippen LogP contribution is -1.96. The molecule has 2 heteroatoms. The first kappa shape index (κ1) is 34.6. The number of aromatic nitrogens is 2. The van der Waals surface area contributed by atoms with Crippen LogP contribution in [0.15, 0.2) is 60.7 Å². The van der Waals surface area contributed by atoms with E-state index in [-0.39, 0.29) is 0 Å². The fourth-order valence-corrected chi connectivity index (χ4v) is 8.37. The van der Waals surface area contributed by atoms with E-state index in [0.29, 0.717) is 0 Å². The molecule has 0 radical (unpaired) electrons. The maximum absolute atomic E-state index is 2.46. The van der Waals surface area contributed by atoms with E-state index in [0.717, 1.165) is 0 Å². The zero-order chi connectivity index (χ0) is 33.3. The fourth-order valence-electron chi connectivity index (χ4n) is 8.37. The Morgan fingerprint density at radius 3 is 1.08 bits per heavy atom. The minimum absolute atomic E-state index is 1.18. The lowest BCUT2D eigenvalue weighted by molar-refractivity contribution is 0.562. The minimum Gasteiger partial charge on any atom is -0.348 e. The number of fused-ring (bicyclic) bond motifs is 7. The third-order valence-electron chi connectivity index (χ3n) is 11.4. The van der Waals surface area contributed by atoms with Crippen LogP contribution in [0, 0.1) is 0 Å². The van der Waals surface area contributed by atoms with Crippen molar-refractivity contribution in [3.63, 3.8) is 0 Å². The molecule has 0 fully saturated rings. The summed E-state index contributed by atoms with van der Waals surface area (Å²) in [7, 11) is 4.53. The average Bonchev–Trinajstić information content (AvgIpc) is 3.58. The van der Waals surface area contributed by atoms with Crippen LogP contribution in [0.25, 0.3) is 54.1 Å². The zero-order valence-electron chi connectivity index (χ0n) is 30.8. The highest BCUT2D eigenvalue weighted by Crippen LogP contribution is 2.36. The summed E-state index contributed by atoms with van der Waals surface area (Å²) in [6.07, 6.45) is 27.2. The molecule has 48 heavy (non-hydrogen) atoms. The predicted molar refractivity (Wildman–Crippen MR) is 214 cm³/mol. The number of benzene rings is 4. The monoisotopic (exact) mass is 642 g/mol. The van der Waals surface area contributed by atoms with Crippen molar-refractivity contribution in [2.24, 2.45) is 14.1 Å². The van der Waals surface area contributed by atoms with E-state index in [1.165, 1.54) is 194 Å². The van der Waals surface area contributed by atoms with E-state index >= 15 is 0 Å². The normalized spacial score (nSPS) is 12.2. The molecule has 0 aliphatic carbocycles. The summed E-state index contributed by atoms with van der Waals surface area (Å²) in [4.78, 5) is 0. The van der Waals surface area contributed by atoms with Crippen LogP contribution in [-0.2, 0) is 26.9 Å².